The van der Waals surface area contributed by atoms with Gasteiger partial charge in [0.15, 0.2) is 0 Å². The van der Waals surface area contributed by atoms with Crippen molar-refractivity contribution >= 4 is 5.91 Å². The zero-order valence-corrected chi connectivity index (χ0v) is 15.2. The SMILES string of the molecule is CCOC(O)N1CCC(N2CCC(N3C(=O)CC[C@H]3C)CC2)CC1. The fourth-order valence-corrected chi connectivity index (χ4v) is 4.67. The number of amides is 1. The molecule has 138 valence electrons. The van der Waals surface area contributed by atoms with Gasteiger partial charge in [-0.15, -0.1) is 0 Å². The third-order valence-electron chi connectivity index (χ3n) is 6.07. The average molecular weight is 339 g/mol. The zero-order valence-electron chi connectivity index (χ0n) is 15.2. The molecule has 0 aliphatic carbocycles. The third-order valence-corrected chi connectivity index (χ3v) is 6.07. The molecule has 0 aromatic carbocycles. The first-order valence-corrected chi connectivity index (χ1v) is 9.69. The summed E-state index contributed by atoms with van der Waals surface area (Å²) in [5, 5.41) is 9.93. The number of piperidine rings is 2. The summed E-state index contributed by atoms with van der Waals surface area (Å²) in [7, 11) is 0. The zero-order chi connectivity index (χ0) is 17.1. The molecule has 1 N–H and O–H groups in total. The van der Waals surface area contributed by atoms with E-state index < -0.39 is 6.41 Å². The van der Waals surface area contributed by atoms with E-state index in [1.54, 1.807) is 0 Å². The van der Waals surface area contributed by atoms with Gasteiger partial charge in [0.25, 0.3) is 0 Å². The van der Waals surface area contributed by atoms with Crippen LogP contribution in [0.15, 0.2) is 0 Å². The minimum atomic E-state index is -0.746. The molecular formula is C18H33N3O3. The minimum absolute atomic E-state index is 0.360. The van der Waals surface area contributed by atoms with E-state index in [9.17, 15) is 9.90 Å². The molecule has 6 nitrogen and oxygen atoms in total. The molecule has 0 radical (unpaired) electrons. The topological polar surface area (TPSA) is 56.3 Å². The molecule has 0 saturated carbocycles. The predicted molar refractivity (Wildman–Crippen MR) is 92.4 cm³/mol. The van der Waals surface area contributed by atoms with Crippen LogP contribution in [0.4, 0.5) is 0 Å². The lowest BCUT2D eigenvalue weighted by Gasteiger charge is -2.44. The number of ether oxygens (including phenoxy) is 1. The first-order valence-electron chi connectivity index (χ1n) is 9.69. The molecule has 0 spiro atoms. The van der Waals surface area contributed by atoms with Gasteiger partial charge in [-0.25, -0.2) is 0 Å². The molecule has 3 rings (SSSR count). The van der Waals surface area contributed by atoms with Crippen molar-refractivity contribution < 1.29 is 14.6 Å². The van der Waals surface area contributed by atoms with Gasteiger partial charge in [0, 0.05) is 57.3 Å². The summed E-state index contributed by atoms with van der Waals surface area (Å²) in [6, 6.07) is 1.49. The van der Waals surface area contributed by atoms with Crippen LogP contribution in [0.3, 0.4) is 0 Å². The molecule has 0 aromatic heterocycles. The second kappa shape index (κ2) is 8.13. The molecule has 0 aromatic rings. The molecule has 3 aliphatic rings. The highest BCUT2D eigenvalue weighted by Crippen LogP contribution is 2.29. The van der Waals surface area contributed by atoms with Gasteiger partial charge in [0.2, 0.25) is 12.3 Å². The number of aliphatic hydroxyl groups excluding tert-OH is 1. The quantitative estimate of drug-likeness (QED) is 0.764. The highest BCUT2D eigenvalue weighted by atomic mass is 16.6. The Morgan fingerprint density at radius 3 is 2.25 bits per heavy atom. The van der Waals surface area contributed by atoms with Gasteiger partial charge < -0.3 is 19.6 Å². The summed E-state index contributed by atoms with van der Waals surface area (Å²) in [5.41, 5.74) is 0. The fraction of sp³-hybridized carbons (Fsp3) is 0.944. The van der Waals surface area contributed by atoms with E-state index in [4.69, 9.17) is 4.74 Å². The van der Waals surface area contributed by atoms with Crippen molar-refractivity contribution in [2.75, 3.05) is 32.8 Å². The Hall–Kier alpha value is -0.690. The molecule has 6 heteroatoms. The average Bonchev–Trinajstić information content (AvgIpc) is 2.94. The highest BCUT2D eigenvalue weighted by molar-refractivity contribution is 5.79. The van der Waals surface area contributed by atoms with Crippen molar-refractivity contribution in [2.24, 2.45) is 0 Å². The van der Waals surface area contributed by atoms with Crippen molar-refractivity contribution in [1.29, 1.82) is 0 Å². The summed E-state index contributed by atoms with van der Waals surface area (Å²) in [5.74, 6) is 0.360. The lowest BCUT2D eigenvalue weighted by Crippen LogP contribution is -2.53. The number of hydrogen-bond donors (Lipinski definition) is 1. The van der Waals surface area contributed by atoms with Crippen LogP contribution in [-0.2, 0) is 9.53 Å². The molecule has 0 bridgehead atoms. The van der Waals surface area contributed by atoms with Crippen LogP contribution >= 0.6 is 0 Å². The largest absolute Gasteiger partial charge is 0.356 e. The molecule has 3 heterocycles. The van der Waals surface area contributed by atoms with E-state index in [-0.39, 0.29) is 0 Å². The van der Waals surface area contributed by atoms with Crippen LogP contribution < -0.4 is 0 Å². The summed E-state index contributed by atoms with van der Waals surface area (Å²) >= 11 is 0. The summed E-state index contributed by atoms with van der Waals surface area (Å²) in [6.45, 7) is 8.63. The normalized spacial score (nSPS) is 30.2. The Balaban J connectivity index is 1.44. The van der Waals surface area contributed by atoms with Crippen molar-refractivity contribution in [3.8, 4) is 0 Å². The second-order valence-electron chi connectivity index (χ2n) is 7.50. The number of carbonyl (C=O) groups excluding carboxylic acids is 1. The molecule has 3 saturated heterocycles. The summed E-state index contributed by atoms with van der Waals surface area (Å²) < 4.78 is 5.28. The van der Waals surface area contributed by atoms with Crippen LogP contribution in [0.2, 0.25) is 0 Å². The van der Waals surface area contributed by atoms with Gasteiger partial charge in [-0.05, 0) is 46.0 Å². The maximum Gasteiger partial charge on any atom is 0.223 e. The second-order valence-corrected chi connectivity index (χ2v) is 7.50. The van der Waals surface area contributed by atoms with Gasteiger partial charge in [-0.1, -0.05) is 0 Å². The van der Waals surface area contributed by atoms with E-state index >= 15 is 0 Å². The molecule has 1 unspecified atom stereocenters. The lowest BCUT2D eigenvalue weighted by molar-refractivity contribution is -0.197. The van der Waals surface area contributed by atoms with Crippen molar-refractivity contribution in [1.82, 2.24) is 14.7 Å². The lowest BCUT2D eigenvalue weighted by atomic mass is 9.97. The Labute approximate surface area is 145 Å². The van der Waals surface area contributed by atoms with Crippen molar-refractivity contribution in [3.05, 3.63) is 0 Å². The number of hydrogen-bond acceptors (Lipinski definition) is 5. The van der Waals surface area contributed by atoms with E-state index in [2.05, 4.69) is 16.7 Å². The first-order chi connectivity index (χ1) is 11.6. The Morgan fingerprint density at radius 1 is 1.08 bits per heavy atom. The molecule has 3 aliphatic heterocycles. The molecule has 1 amide bonds. The van der Waals surface area contributed by atoms with E-state index in [0.717, 1.165) is 64.7 Å². The first kappa shape index (κ1) is 18.1. The maximum atomic E-state index is 12.1. The van der Waals surface area contributed by atoms with Crippen molar-refractivity contribution in [3.63, 3.8) is 0 Å². The summed E-state index contributed by atoms with van der Waals surface area (Å²) in [6.07, 6.45) is 5.42. The Bertz CT molecular complexity index is 418. The molecular weight excluding hydrogens is 306 g/mol. The minimum Gasteiger partial charge on any atom is -0.356 e. The number of nitrogens with zero attached hydrogens (tertiary/aromatic N) is 3. The van der Waals surface area contributed by atoms with E-state index in [0.29, 0.717) is 30.6 Å². The van der Waals surface area contributed by atoms with Crippen LogP contribution in [0.5, 0.6) is 0 Å². The van der Waals surface area contributed by atoms with Crippen LogP contribution in [-0.4, -0.2) is 83.0 Å². The third kappa shape index (κ3) is 3.93. The standard InChI is InChI=1S/C18H33N3O3/c1-3-24-18(23)20-12-6-15(7-13-20)19-10-8-16(9-11-19)21-14(2)4-5-17(21)22/h14-16,18,23H,3-13H2,1-2H3/t14-,18?/m1/s1. The van der Waals surface area contributed by atoms with Gasteiger partial charge in [-0.3, -0.25) is 9.69 Å². The smallest absolute Gasteiger partial charge is 0.223 e. The number of aliphatic hydroxyl groups is 1. The number of carbonyl (C=O) groups is 1. The van der Waals surface area contributed by atoms with Gasteiger partial charge >= 0.3 is 0 Å². The molecule has 24 heavy (non-hydrogen) atoms. The maximum absolute atomic E-state index is 12.1. The monoisotopic (exact) mass is 339 g/mol. The van der Waals surface area contributed by atoms with Crippen LogP contribution in [0.1, 0.15) is 52.4 Å². The van der Waals surface area contributed by atoms with Gasteiger partial charge in [0.1, 0.15) is 0 Å². The van der Waals surface area contributed by atoms with E-state index in [1.807, 2.05) is 11.8 Å². The fourth-order valence-electron chi connectivity index (χ4n) is 4.67. The van der Waals surface area contributed by atoms with Crippen molar-refractivity contribution in [2.45, 2.75) is 76.9 Å². The van der Waals surface area contributed by atoms with Crippen LogP contribution in [0.25, 0.3) is 0 Å². The number of likely N-dealkylation sites (tertiary alicyclic amines) is 3. The van der Waals surface area contributed by atoms with Gasteiger partial charge in [-0.2, -0.15) is 0 Å². The molecule has 3 fully saturated rings. The van der Waals surface area contributed by atoms with E-state index in [1.165, 1.54) is 0 Å². The predicted octanol–water partition coefficient (Wildman–Crippen LogP) is 1.24. The Kier molecular flexibility index (Phi) is 6.13. The summed E-state index contributed by atoms with van der Waals surface area (Å²) in [4.78, 5) is 18.9. The van der Waals surface area contributed by atoms with Crippen LogP contribution in [0, 0.1) is 0 Å². The van der Waals surface area contributed by atoms with Gasteiger partial charge in [0.05, 0.1) is 0 Å². The molecule has 2 atom stereocenters. The highest BCUT2D eigenvalue weighted by Gasteiger charge is 2.37. The number of rotatable bonds is 5. The Morgan fingerprint density at radius 2 is 1.71 bits per heavy atom.